The van der Waals surface area contributed by atoms with Crippen molar-refractivity contribution >= 4 is 28.8 Å². The van der Waals surface area contributed by atoms with Gasteiger partial charge in [-0.15, -0.1) is 11.3 Å². The number of carbonyl (C=O) groups is 2. The fourth-order valence-electron chi connectivity index (χ4n) is 2.63. The Hall–Kier alpha value is -2.99. The fraction of sp³-hybridized carbons (Fsp3) is 0.190. The van der Waals surface area contributed by atoms with Gasteiger partial charge in [0.2, 0.25) is 5.91 Å². The van der Waals surface area contributed by atoms with Crippen LogP contribution >= 0.6 is 11.3 Å². The van der Waals surface area contributed by atoms with Crippen LogP contribution in [0.15, 0.2) is 48.5 Å². The van der Waals surface area contributed by atoms with E-state index in [2.05, 4.69) is 15.6 Å². The third-order valence-electron chi connectivity index (χ3n) is 4.31. The fourth-order valence-corrected chi connectivity index (χ4v) is 3.62. The molecule has 0 aliphatic heterocycles. The summed E-state index contributed by atoms with van der Waals surface area (Å²) in [5, 5.41) is 6.31. The minimum Gasteiger partial charge on any atom is -0.342 e. The number of carbonyl (C=O) groups excluding carboxylic acids is 2. The Labute approximate surface area is 162 Å². The highest BCUT2D eigenvalue weighted by Crippen LogP contribution is 2.27. The highest BCUT2D eigenvalue weighted by Gasteiger charge is 2.17. The number of thiazole rings is 1. The molecular weight excluding hydrogens is 358 g/mol. The first kappa shape index (κ1) is 18.8. The van der Waals surface area contributed by atoms with E-state index < -0.39 is 0 Å². The van der Waals surface area contributed by atoms with Gasteiger partial charge >= 0.3 is 0 Å². The van der Waals surface area contributed by atoms with Gasteiger partial charge in [-0.1, -0.05) is 42.5 Å². The molecule has 138 valence electrons. The van der Waals surface area contributed by atoms with Crippen LogP contribution in [-0.4, -0.2) is 23.3 Å². The largest absolute Gasteiger partial charge is 0.342 e. The maximum Gasteiger partial charge on any atom is 0.263 e. The molecule has 1 aromatic heterocycles. The second kappa shape index (κ2) is 8.14. The average Bonchev–Trinajstić information content (AvgIpc) is 3.06. The molecule has 0 saturated carbocycles. The molecule has 0 aliphatic carbocycles. The van der Waals surface area contributed by atoms with Crippen molar-refractivity contribution in [1.29, 1.82) is 0 Å². The van der Waals surface area contributed by atoms with Crippen LogP contribution in [0.3, 0.4) is 0 Å². The summed E-state index contributed by atoms with van der Waals surface area (Å²) in [7, 11) is 0. The number of aryl methyl sites for hydroxylation is 2. The van der Waals surface area contributed by atoms with Crippen LogP contribution in [0.25, 0.3) is 10.6 Å². The number of nitrogens with zero attached hydrogens (tertiary/aromatic N) is 1. The second-order valence-corrected chi connectivity index (χ2v) is 7.28. The van der Waals surface area contributed by atoms with E-state index in [0.29, 0.717) is 10.6 Å². The lowest BCUT2D eigenvalue weighted by molar-refractivity contribution is -0.115. The van der Waals surface area contributed by atoms with E-state index in [4.69, 9.17) is 0 Å². The Kier molecular flexibility index (Phi) is 5.66. The number of amides is 2. The van der Waals surface area contributed by atoms with Gasteiger partial charge in [0, 0.05) is 11.3 Å². The number of aromatic nitrogens is 1. The van der Waals surface area contributed by atoms with Crippen LogP contribution in [0.1, 0.15) is 26.5 Å². The number of benzene rings is 2. The molecule has 0 spiro atoms. The molecule has 0 aliphatic rings. The number of nitrogens with one attached hydrogen (secondary N) is 2. The number of anilines is 1. The van der Waals surface area contributed by atoms with E-state index in [9.17, 15) is 9.59 Å². The Balaban J connectivity index is 1.63. The van der Waals surface area contributed by atoms with Gasteiger partial charge in [-0.05, 0) is 38.0 Å². The van der Waals surface area contributed by atoms with Crippen LogP contribution < -0.4 is 10.6 Å². The lowest BCUT2D eigenvalue weighted by atomic mass is 10.1. The number of hydrogen-bond donors (Lipinski definition) is 2. The Morgan fingerprint density at radius 2 is 1.74 bits per heavy atom. The minimum atomic E-state index is -0.289. The Morgan fingerprint density at radius 1 is 1.00 bits per heavy atom. The van der Waals surface area contributed by atoms with Gasteiger partial charge in [0.05, 0.1) is 12.2 Å². The lowest BCUT2D eigenvalue weighted by Gasteiger charge is -2.10. The molecule has 0 bridgehead atoms. The molecule has 3 aromatic rings. The van der Waals surface area contributed by atoms with Gasteiger partial charge in [0.25, 0.3) is 5.91 Å². The molecule has 1 heterocycles. The van der Waals surface area contributed by atoms with Crippen molar-refractivity contribution in [3.05, 3.63) is 70.2 Å². The molecule has 2 N–H and O–H groups in total. The molecule has 2 aromatic carbocycles. The van der Waals surface area contributed by atoms with E-state index in [-0.39, 0.29) is 18.4 Å². The molecular formula is C21H21N3O2S. The summed E-state index contributed by atoms with van der Waals surface area (Å²) in [5.74, 6) is -0.550. The summed E-state index contributed by atoms with van der Waals surface area (Å²) in [6.45, 7) is 5.65. The molecule has 6 heteroatoms. The zero-order valence-corrected chi connectivity index (χ0v) is 16.3. The van der Waals surface area contributed by atoms with Crippen molar-refractivity contribution in [3.8, 4) is 10.6 Å². The summed E-state index contributed by atoms with van der Waals surface area (Å²) in [5.41, 5.74) is 4.51. The van der Waals surface area contributed by atoms with E-state index in [0.717, 1.165) is 27.4 Å². The minimum absolute atomic E-state index is 0.0930. The van der Waals surface area contributed by atoms with Crippen LogP contribution in [-0.2, 0) is 4.79 Å². The maximum atomic E-state index is 12.5. The standard InChI is InChI=1S/C21H21N3O2S/c1-13-8-7-11-17(14(13)2)24-18(25)12-22-20(26)19-15(3)23-21(27-19)16-9-5-4-6-10-16/h4-11H,12H2,1-3H3,(H,22,26)(H,24,25). The highest BCUT2D eigenvalue weighted by atomic mass is 32.1. The SMILES string of the molecule is Cc1cccc(NC(=O)CNC(=O)c2sc(-c3ccccc3)nc2C)c1C. The third-order valence-corrected chi connectivity index (χ3v) is 5.52. The van der Waals surface area contributed by atoms with Crippen molar-refractivity contribution in [1.82, 2.24) is 10.3 Å². The Bertz CT molecular complexity index is 980. The van der Waals surface area contributed by atoms with Crippen LogP contribution in [0.2, 0.25) is 0 Å². The van der Waals surface area contributed by atoms with Crippen molar-refractivity contribution in [2.75, 3.05) is 11.9 Å². The summed E-state index contributed by atoms with van der Waals surface area (Å²) in [6, 6.07) is 15.4. The zero-order valence-electron chi connectivity index (χ0n) is 15.5. The Morgan fingerprint density at radius 3 is 2.48 bits per heavy atom. The van der Waals surface area contributed by atoms with E-state index >= 15 is 0 Å². The van der Waals surface area contributed by atoms with Gasteiger partial charge in [0.1, 0.15) is 9.88 Å². The summed E-state index contributed by atoms with van der Waals surface area (Å²) in [4.78, 5) is 29.6. The van der Waals surface area contributed by atoms with Crippen molar-refractivity contribution in [2.24, 2.45) is 0 Å². The van der Waals surface area contributed by atoms with E-state index in [1.165, 1.54) is 11.3 Å². The summed E-state index contributed by atoms with van der Waals surface area (Å²) >= 11 is 1.33. The smallest absolute Gasteiger partial charge is 0.263 e. The number of hydrogen-bond acceptors (Lipinski definition) is 4. The first-order valence-corrected chi connectivity index (χ1v) is 9.44. The number of rotatable bonds is 5. The van der Waals surface area contributed by atoms with Crippen LogP contribution in [0.5, 0.6) is 0 Å². The normalized spacial score (nSPS) is 10.5. The van der Waals surface area contributed by atoms with E-state index in [1.807, 2.05) is 62.4 Å². The van der Waals surface area contributed by atoms with Crippen molar-refractivity contribution in [2.45, 2.75) is 20.8 Å². The molecule has 0 saturated heterocycles. The average molecular weight is 379 g/mol. The zero-order chi connectivity index (χ0) is 19.4. The third kappa shape index (κ3) is 4.41. The van der Waals surface area contributed by atoms with Crippen LogP contribution in [0.4, 0.5) is 5.69 Å². The maximum absolute atomic E-state index is 12.5. The predicted octanol–water partition coefficient (Wildman–Crippen LogP) is 4.10. The molecule has 0 unspecified atom stereocenters. The second-order valence-electron chi connectivity index (χ2n) is 6.28. The predicted molar refractivity (Wildman–Crippen MR) is 109 cm³/mol. The van der Waals surface area contributed by atoms with Gasteiger partial charge in [0.15, 0.2) is 0 Å². The van der Waals surface area contributed by atoms with E-state index in [1.54, 1.807) is 6.92 Å². The molecule has 3 rings (SSSR count). The summed E-state index contributed by atoms with van der Waals surface area (Å²) < 4.78 is 0. The van der Waals surface area contributed by atoms with Gasteiger partial charge < -0.3 is 10.6 Å². The monoisotopic (exact) mass is 379 g/mol. The molecule has 5 nitrogen and oxygen atoms in total. The van der Waals surface area contributed by atoms with Crippen molar-refractivity contribution < 1.29 is 9.59 Å². The van der Waals surface area contributed by atoms with Crippen LogP contribution in [0, 0.1) is 20.8 Å². The van der Waals surface area contributed by atoms with Crippen molar-refractivity contribution in [3.63, 3.8) is 0 Å². The summed E-state index contributed by atoms with van der Waals surface area (Å²) in [6.07, 6.45) is 0. The lowest BCUT2D eigenvalue weighted by Crippen LogP contribution is -2.32. The molecule has 0 fully saturated rings. The molecule has 2 amide bonds. The molecule has 0 radical (unpaired) electrons. The van der Waals surface area contributed by atoms with Gasteiger partial charge in [-0.3, -0.25) is 9.59 Å². The first-order valence-electron chi connectivity index (χ1n) is 8.63. The topological polar surface area (TPSA) is 71.1 Å². The van der Waals surface area contributed by atoms with Gasteiger partial charge in [-0.2, -0.15) is 0 Å². The quantitative estimate of drug-likeness (QED) is 0.701. The highest BCUT2D eigenvalue weighted by molar-refractivity contribution is 7.17. The molecule has 27 heavy (non-hydrogen) atoms. The molecule has 0 atom stereocenters. The van der Waals surface area contributed by atoms with Gasteiger partial charge in [-0.25, -0.2) is 4.98 Å². The first-order chi connectivity index (χ1) is 13.0.